The molecule has 0 atom stereocenters. The third-order valence-corrected chi connectivity index (χ3v) is 4.37. The Morgan fingerprint density at radius 2 is 2.21 bits per heavy atom. The Morgan fingerprint density at radius 1 is 1.33 bits per heavy atom. The molecule has 0 aromatic carbocycles. The Bertz CT molecular complexity index is 980. The fraction of sp³-hybridized carbons (Fsp3) is 0.250. The number of carbonyl (C=O) groups is 1. The van der Waals surface area contributed by atoms with Crippen molar-refractivity contribution >= 4 is 23.2 Å². The Balaban J connectivity index is 1.67. The Hall–Kier alpha value is -2.67. The molecule has 0 fully saturated rings. The number of fused-ring (bicyclic) bond motifs is 2. The van der Waals surface area contributed by atoms with E-state index in [4.69, 9.17) is 11.6 Å². The SMILES string of the molecule is O=C(Cn1cccn1)N1CCc2nc3ccc(Cl)cn3c(=O)c2C1. The van der Waals surface area contributed by atoms with Gasteiger partial charge < -0.3 is 4.90 Å². The van der Waals surface area contributed by atoms with Crippen molar-refractivity contribution in [3.8, 4) is 0 Å². The van der Waals surface area contributed by atoms with Gasteiger partial charge in [0.1, 0.15) is 12.2 Å². The van der Waals surface area contributed by atoms with Crippen molar-refractivity contribution in [2.45, 2.75) is 19.5 Å². The number of rotatable bonds is 2. The standard InChI is InChI=1S/C16H14ClN5O2/c17-11-2-3-14-19-13-4-7-20(9-12(13)16(24)22(14)8-11)15(23)10-21-6-1-5-18-21/h1-3,5-6,8H,4,7,9-10H2. The first-order valence-corrected chi connectivity index (χ1v) is 7.94. The van der Waals surface area contributed by atoms with Crippen molar-refractivity contribution in [2.75, 3.05) is 6.54 Å². The largest absolute Gasteiger partial charge is 0.336 e. The number of hydrogen-bond acceptors (Lipinski definition) is 4. The number of halogens is 1. The topological polar surface area (TPSA) is 72.5 Å². The maximum absolute atomic E-state index is 12.7. The molecule has 1 aliphatic rings. The molecule has 8 heteroatoms. The Labute approximate surface area is 142 Å². The molecular formula is C16H14ClN5O2. The highest BCUT2D eigenvalue weighted by molar-refractivity contribution is 6.30. The summed E-state index contributed by atoms with van der Waals surface area (Å²) in [4.78, 5) is 31.3. The van der Waals surface area contributed by atoms with Gasteiger partial charge in [-0.1, -0.05) is 11.6 Å². The van der Waals surface area contributed by atoms with Gasteiger partial charge in [-0.05, 0) is 18.2 Å². The second-order valence-corrected chi connectivity index (χ2v) is 6.12. The van der Waals surface area contributed by atoms with E-state index in [9.17, 15) is 9.59 Å². The third kappa shape index (κ3) is 2.56. The molecule has 7 nitrogen and oxygen atoms in total. The minimum Gasteiger partial charge on any atom is -0.336 e. The van der Waals surface area contributed by atoms with Crippen LogP contribution in [0.15, 0.2) is 41.6 Å². The lowest BCUT2D eigenvalue weighted by molar-refractivity contribution is -0.133. The summed E-state index contributed by atoms with van der Waals surface area (Å²) in [5, 5.41) is 4.51. The van der Waals surface area contributed by atoms with Crippen molar-refractivity contribution in [3.05, 3.63) is 63.4 Å². The maximum atomic E-state index is 12.7. The molecule has 3 aromatic heterocycles. The summed E-state index contributed by atoms with van der Waals surface area (Å²) < 4.78 is 3.01. The van der Waals surface area contributed by atoms with Gasteiger partial charge in [-0.2, -0.15) is 5.10 Å². The lowest BCUT2D eigenvalue weighted by Crippen LogP contribution is -2.41. The lowest BCUT2D eigenvalue weighted by Gasteiger charge is -2.28. The first-order valence-electron chi connectivity index (χ1n) is 7.57. The van der Waals surface area contributed by atoms with Gasteiger partial charge in [0.15, 0.2) is 0 Å². The average Bonchev–Trinajstić information content (AvgIpc) is 3.08. The van der Waals surface area contributed by atoms with Crippen LogP contribution < -0.4 is 5.56 Å². The molecule has 122 valence electrons. The predicted octanol–water partition coefficient (Wildman–Crippen LogP) is 1.13. The number of pyridine rings is 1. The summed E-state index contributed by atoms with van der Waals surface area (Å²) >= 11 is 5.97. The Kier molecular flexibility index (Phi) is 3.57. The van der Waals surface area contributed by atoms with E-state index < -0.39 is 0 Å². The first-order chi connectivity index (χ1) is 11.6. The summed E-state index contributed by atoms with van der Waals surface area (Å²) in [6.45, 7) is 0.969. The van der Waals surface area contributed by atoms with E-state index in [0.717, 1.165) is 5.69 Å². The van der Waals surface area contributed by atoms with Crippen molar-refractivity contribution in [1.82, 2.24) is 24.1 Å². The number of aromatic nitrogens is 4. The van der Waals surface area contributed by atoms with Gasteiger partial charge in [-0.15, -0.1) is 0 Å². The van der Waals surface area contributed by atoms with Gasteiger partial charge in [0.05, 0.1) is 22.8 Å². The molecule has 4 rings (SSSR count). The van der Waals surface area contributed by atoms with Crippen LogP contribution in [0, 0.1) is 0 Å². The molecule has 4 heterocycles. The summed E-state index contributed by atoms with van der Waals surface area (Å²) in [6.07, 6.45) is 5.48. The maximum Gasteiger partial charge on any atom is 0.263 e. The molecule has 0 N–H and O–H groups in total. The van der Waals surface area contributed by atoms with Crippen molar-refractivity contribution in [2.24, 2.45) is 0 Å². The van der Waals surface area contributed by atoms with Crippen LogP contribution in [0.5, 0.6) is 0 Å². The van der Waals surface area contributed by atoms with Crippen LogP contribution in [-0.2, 0) is 24.3 Å². The normalized spacial score (nSPS) is 14.0. The second kappa shape index (κ2) is 5.76. The molecule has 1 amide bonds. The third-order valence-electron chi connectivity index (χ3n) is 4.14. The second-order valence-electron chi connectivity index (χ2n) is 5.69. The molecule has 0 unspecified atom stereocenters. The molecular weight excluding hydrogens is 330 g/mol. The van der Waals surface area contributed by atoms with E-state index in [1.807, 2.05) is 0 Å². The zero-order valence-electron chi connectivity index (χ0n) is 12.7. The molecule has 3 aromatic rings. The van der Waals surface area contributed by atoms with Crippen LogP contribution in [-0.4, -0.2) is 36.5 Å². The molecule has 1 aliphatic heterocycles. The smallest absolute Gasteiger partial charge is 0.263 e. The number of carbonyl (C=O) groups excluding carboxylic acids is 1. The van der Waals surface area contributed by atoms with Gasteiger partial charge in [-0.3, -0.25) is 18.7 Å². The molecule has 0 aliphatic carbocycles. The van der Waals surface area contributed by atoms with E-state index in [0.29, 0.717) is 29.2 Å². The summed E-state index contributed by atoms with van der Waals surface area (Å²) in [5.74, 6) is -0.0695. The quantitative estimate of drug-likeness (QED) is 0.699. The summed E-state index contributed by atoms with van der Waals surface area (Å²) in [5.41, 5.74) is 1.70. The number of hydrogen-bond donors (Lipinski definition) is 0. The summed E-state index contributed by atoms with van der Waals surface area (Å²) in [6, 6.07) is 5.20. The molecule has 0 saturated carbocycles. The van der Waals surface area contributed by atoms with Gasteiger partial charge in [0.2, 0.25) is 5.91 Å². The average molecular weight is 344 g/mol. The lowest BCUT2D eigenvalue weighted by atomic mass is 10.1. The number of amides is 1. The van der Waals surface area contributed by atoms with Crippen LogP contribution in [0.4, 0.5) is 0 Å². The van der Waals surface area contributed by atoms with Crippen LogP contribution >= 0.6 is 11.6 Å². The van der Waals surface area contributed by atoms with Crippen molar-refractivity contribution in [1.29, 1.82) is 0 Å². The van der Waals surface area contributed by atoms with E-state index >= 15 is 0 Å². The Morgan fingerprint density at radius 3 is 3.00 bits per heavy atom. The van der Waals surface area contributed by atoms with Gasteiger partial charge in [0, 0.05) is 31.6 Å². The van der Waals surface area contributed by atoms with Crippen molar-refractivity contribution < 1.29 is 4.79 Å². The van der Waals surface area contributed by atoms with Crippen LogP contribution in [0.1, 0.15) is 11.3 Å². The minimum absolute atomic E-state index is 0.0695. The monoisotopic (exact) mass is 343 g/mol. The highest BCUT2D eigenvalue weighted by Gasteiger charge is 2.25. The molecule has 24 heavy (non-hydrogen) atoms. The molecule has 0 saturated heterocycles. The zero-order valence-corrected chi connectivity index (χ0v) is 13.5. The fourth-order valence-electron chi connectivity index (χ4n) is 2.92. The first kappa shape index (κ1) is 14.9. The molecule has 0 bridgehead atoms. The van der Waals surface area contributed by atoms with Crippen LogP contribution in [0.3, 0.4) is 0 Å². The highest BCUT2D eigenvalue weighted by atomic mass is 35.5. The highest BCUT2D eigenvalue weighted by Crippen LogP contribution is 2.17. The van der Waals surface area contributed by atoms with E-state index in [-0.39, 0.29) is 24.6 Å². The molecule has 0 radical (unpaired) electrons. The van der Waals surface area contributed by atoms with Gasteiger partial charge >= 0.3 is 0 Å². The van der Waals surface area contributed by atoms with E-state index in [2.05, 4.69) is 10.1 Å². The zero-order chi connectivity index (χ0) is 16.7. The predicted molar refractivity (Wildman–Crippen MR) is 87.8 cm³/mol. The minimum atomic E-state index is -0.172. The van der Waals surface area contributed by atoms with Crippen LogP contribution in [0.25, 0.3) is 5.65 Å². The van der Waals surface area contributed by atoms with Gasteiger partial charge in [-0.25, -0.2) is 4.98 Å². The van der Waals surface area contributed by atoms with Crippen molar-refractivity contribution in [3.63, 3.8) is 0 Å². The molecule has 0 spiro atoms. The number of nitrogens with zero attached hydrogens (tertiary/aromatic N) is 5. The van der Waals surface area contributed by atoms with E-state index in [1.54, 1.807) is 46.4 Å². The van der Waals surface area contributed by atoms with E-state index in [1.165, 1.54) is 4.40 Å². The fourth-order valence-corrected chi connectivity index (χ4v) is 3.08. The summed E-state index contributed by atoms with van der Waals surface area (Å²) in [7, 11) is 0. The van der Waals surface area contributed by atoms with Crippen LogP contribution in [0.2, 0.25) is 5.02 Å². The van der Waals surface area contributed by atoms with Gasteiger partial charge in [0.25, 0.3) is 5.56 Å².